The Labute approximate surface area is 297 Å². The highest BCUT2D eigenvalue weighted by molar-refractivity contribution is 6.76. The zero-order chi connectivity index (χ0) is 35.3. The number of halogens is 1. The number of aromatic nitrogens is 5. The highest BCUT2D eigenvalue weighted by atomic mass is 35.5. The summed E-state index contributed by atoms with van der Waals surface area (Å²) in [5, 5.41) is 12.7. The van der Waals surface area contributed by atoms with E-state index in [1.165, 1.54) is 12.8 Å². The van der Waals surface area contributed by atoms with Crippen LogP contribution in [0.3, 0.4) is 0 Å². The predicted molar refractivity (Wildman–Crippen MR) is 198 cm³/mol. The first-order valence-electron chi connectivity index (χ1n) is 18.3. The lowest BCUT2D eigenvalue weighted by atomic mass is 9.63. The number of primary amides is 1. The molecule has 3 aromatic heterocycles. The lowest BCUT2D eigenvalue weighted by Crippen LogP contribution is -2.39. The van der Waals surface area contributed by atoms with Gasteiger partial charge in [0.15, 0.2) is 0 Å². The second kappa shape index (κ2) is 16.3. The van der Waals surface area contributed by atoms with E-state index in [9.17, 15) is 9.59 Å². The quantitative estimate of drug-likeness (QED) is 0.0983. The minimum Gasteiger partial charge on any atom is -0.364 e. The van der Waals surface area contributed by atoms with Crippen LogP contribution >= 0.6 is 11.6 Å². The molecule has 12 heteroatoms. The van der Waals surface area contributed by atoms with Crippen molar-refractivity contribution >= 4 is 37.3 Å². The van der Waals surface area contributed by atoms with Gasteiger partial charge in [0.2, 0.25) is 5.91 Å². The van der Waals surface area contributed by atoms with Crippen LogP contribution in [-0.2, 0) is 22.8 Å². The van der Waals surface area contributed by atoms with Crippen LogP contribution in [0.4, 0.5) is 5.82 Å². The van der Waals surface area contributed by atoms with Gasteiger partial charge in [0.25, 0.3) is 5.91 Å². The van der Waals surface area contributed by atoms with Crippen molar-refractivity contribution in [1.82, 2.24) is 24.5 Å². The van der Waals surface area contributed by atoms with Crippen molar-refractivity contribution in [2.24, 2.45) is 23.5 Å². The second-order valence-corrected chi connectivity index (χ2v) is 21.4. The lowest BCUT2D eigenvalue weighted by molar-refractivity contribution is -0.120. The van der Waals surface area contributed by atoms with Gasteiger partial charge in [-0.15, -0.1) is 0 Å². The maximum atomic E-state index is 14.7. The van der Waals surface area contributed by atoms with E-state index in [0.29, 0.717) is 48.8 Å². The Hall–Kier alpha value is -3.02. The van der Waals surface area contributed by atoms with Gasteiger partial charge in [0, 0.05) is 43.6 Å². The third-order valence-electron chi connectivity index (χ3n) is 10.8. The molecule has 2 saturated carbocycles. The van der Waals surface area contributed by atoms with E-state index < -0.39 is 19.9 Å². The highest BCUT2D eigenvalue weighted by Gasteiger charge is 2.43. The molecule has 3 heterocycles. The van der Waals surface area contributed by atoms with E-state index in [4.69, 9.17) is 27.2 Å². The molecule has 0 aromatic carbocycles. The molecule has 0 bridgehead atoms. The average Bonchev–Trinajstić information content (AvgIpc) is 3.62. The molecule has 2 aliphatic carbocycles. The Bertz CT molecular complexity index is 1580. The summed E-state index contributed by atoms with van der Waals surface area (Å²) in [6.45, 7) is 14.5. The van der Waals surface area contributed by atoms with Crippen molar-refractivity contribution in [2.75, 3.05) is 11.9 Å². The molecule has 2 amide bonds. The van der Waals surface area contributed by atoms with E-state index in [2.05, 4.69) is 35.0 Å². The van der Waals surface area contributed by atoms with Gasteiger partial charge >= 0.3 is 0 Å². The number of hydrogen-bond donors (Lipinski definition) is 2. The Kier molecular flexibility index (Phi) is 12.4. The monoisotopic (exact) mass is 709 g/mol. The normalized spacial score (nSPS) is 17.1. The van der Waals surface area contributed by atoms with Gasteiger partial charge < -0.3 is 15.8 Å². The standard InChI is InChI=1S/C37H56ClN7O3Si/c1-7-44-34(36(39)46)29(22-40-44)33(32(26-14-10-8-11-15-26)27-16-12-9-13-17-27)37(47)42-30-19-18-28(35(38)41-30)31-24(2)43-45(25(31)3)23-48-20-21-49(4,5)6/h18-19,22,26-27,32-33H,7-17,20-21,23H2,1-6H3,(H2,39,46)(H,41,42,47). The number of carbonyl (C=O) groups is 2. The molecule has 2 aliphatic rings. The molecule has 0 aliphatic heterocycles. The van der Waals surface area contributed by atoms with Crippen LogP contribution in [0.15, 0.2) is 18.3 Å². The molecule has 0 spiro atoms. The zero-order valence-electron chi connectivity index (χ0n) is 30.4. The number of nitrogens with one attached hydrogen (secondary N) is 1. The van der Waals surface area contributed by atoms with Crippen LogP contribution in [0.1, 0.15) is 104 Å². The first-order valence-corrected chi connectivity index (χ1v) is 22.4. The van der Waals surface area contributed by atoms with Crippen LogP contribution in [0.5, 0.6) is 0 Å². The number of anilines is 1. The maximum absolute atomic E-state index is 14.7. The van der Waals surface area contributed by atoms with Gasteiger partial charge in [-0.25, -0.2) is 9.67 Å². The summed E-state index contributed by atoms with van der Waals surface area (Å²) in [5.74, 6) is -0.109. The molecular weight excluding hydrogens is 654 g/mol. The summed E-state index contributed by atoms with van der Waals surface area (Å²) in [4.78, 5) is 32.2. The molecule has 0 radical (unpaired) electrons. The molecule has 1 unspecified atom stereocenters. The van der Waals surface area contributed by atoms with Gasteiger partial charge in [-0.2, -0.15) is 10.2 Å². The lowest BCUT2D eigenvalue weighted by Gasteiger charge is -2.41. The molecule has 3 N–H and O–H groups in total. The van der Waals surface area contributed by atoms with E-state index in [1.807, 2.05) is 31.5 Å². The molecule has 1 atom stereocenters. The van der Waals surface area contributed by atoms with Crippen molar-refractivity contribution in [3.8, 4) is 11.1 Å². The van der Waals surface area contributed by atoms with Gasteiger partial charge in [0.1, 0.15) is 23.4 Å². The van der Waals surface area contributed by atoms with Crippen molar-refractivity contribution in [1.29, 1.82) is 0 Å². The summed E-state index contributed by atoms with van der Waals surface area (Å²) in [6, 6.07) is 4.80. The summed E-state index contributed by atoms with van der Waals surface area (Å²) in [6.07, 6.45) is 13.2. The van der Waals surface area contributed by atoms with Crippen LogP contribution in [-0.4, -0.2) is 51.0 Å². The fraction of sp³-hybridized carbons (Fsp3) is 0.649. The number of pyridine rings is 1. The number of carbonyl (C=O) groups excluding carboxylic acids is 2. The van der Waals surface area contributed by atoms with Crippen LogP contribution in [0.25, 0.3) is 11.1 Å². The van der Waals surface area contributed by atoms with E-state index in [0.717, 1.165) is 79.9 Å². The SMILES string of the molecule is CCn1ncc(C(C(=O)Nc2ccc(-c3c(C)nn(COCC[Si](C)(C)C)c3C)c(Cl)n2)C(C2CCCCC2)C2CCCCC2)c1C(N)=O. The number of nitrogens with two attached hydrogens (primary N) is 1. The molecule has 3 aromatic rings. The number of amides is 2. The molecule has 268 valence electrons. The number of rotatable bonds is 14. The zero-order valence-corrected chi connectivity index (χ0v) is 32.1. The summed E-state index contributed by atoms with van der Waals surface area (Å²) >= 11 is 6.87. The Morgan fingerprint density at radius 3 is 2.20 bits per heavy atom. The largest absolute Gasteiger partial charge is 0.364 e. The molecule has 49 heavy (non-hydrogen) atoms. The van der Waals surface area contributed by atoms with Crippen molar-refractivity contribution < 1.29 is 14.3 Å². The smallest absolute Gasteiger partial charge is 0.267 e. The Morgan fingerprint density at radius 1 is 1.02 bits per heavy atom. The number of ether oxygens (including phenoxy) is 1. The van der Waals surface area contributed by atoms with Crippen molar-refractivity contribution in [3.05, 3.63) is 46.1 Å². The van der Waals surface area contributed by atoms with Gasteiger partial charge in [-0.05, 0) is 56.7 Å². The number of nitrogens with zero attached hydrogens (tertiary/aromatic N) is 5. The van der Waals surface area contributed by atoms with E-state index >= 15 is 0 Å². The second-order valence-electron chi connectivity index (χ2n) is 15.4. The summed E-state index contributed by atoms with van der Waals surface area (Å²) < 4.78 is 9.47. The van der Waals surface area contributed by atoms with Gasteiger partial charge in [-0.3, -0.25) is 14.3 Å². The van der Waals surface area contributed by atoms with Gasteiger partial charge in [-0.1, -0.05) is 95.5 Å². The minimum absolute atomic E-state index is 0.0760. The third-order valence-corrected chi connectivity index (χ3v) is 12.7. The maximum Gasteiger partial charge on any atom is 0.267 e. The first-order chi connectivity index (χ1) is 23.4. The van der Waals surface area contributed by atoms with Crippen molar-refractivity contribution in [3.63, 3.8) is 0 Å². The Morgan fingerprint density at radius 2 is 1.65 bits per heavy atom. The fourth-order valence-corrected chi connectivity index (χ4v) is 9.27. The summed E-state index contributed by atoms with van der Waals surface area (Å²) in [5.41, 5.74) is 10.4. The molecule has 0 saturated heterocycles. The molecule has 10 nitrogen and oxygen atoms in total. The summed E-state index contributed by atoms with van der Waals surface area (Å²) in [7, 11) is -1.19. The predicted octanol–water partition coefficient (Wildman–Crippen LogP) is 8.34. The first kappa shape index (κ1) is 37.2. The molecule has 5 rings (SSSR count). The van der Waals surface area contributed by atoms with Crippen LogP contribution < -0.4 is 11.1 Å². The number of aryl methyl sites for hydroxylation is 2. The third kappa shape index (κ3) is 8.83. The minimum atomic E-state index is -1.19. The number of hydrogen-bond acceptors (Lipinski definition) is 6. The van der Waals surface area contributed by atoms with Crippen molar-refractivity contribution in [2.45, 2.75) is 130 Å². The van der Waals surface area contributed by atoms with Gasteiger partial charge in [0.05, 0.1) is 17.8 Å². The molecular formula is C37H56ClN7O3Si. The highest BCUT2D eigenvalue weighted by Crippen LogP contribution is 2.48. The molecule has 2 fully saturated rings. The van der Waals surface area contributed by atoms with E-state index in [-0.39, 0.29) is 17.0 Å². The van der Waals surface area contributed by atoms with Crippen LogP contribution in [0.2, 0.25) is 30.8 Å². The average molecular weight is 710 g/mol. The van der Waals surface area contributed by atoms with Crippen LogP contribution in [0, 0.1) is 31.6 Å². The van der Waals surface area contributed by atoms with E-state index in [1.54, 1.807) is 16.9 Å². The topological polar surface area (TPSA) is 130 Å². The Balaban J connectivity index is 1.45. The fourth-order valence-electron chi connectivity index (χ4n) is 8.26.